The van der Waals surface area contributed by atoms with Crippen molar-refractivity contribution in [2.24, 2.45) is 0 Å². The van der Waals surface area contributed by atoms with Gasteiger partial charge in [-0.1, -0.05) is 17.3 Å². The number of hydrogen-bond acceptors (Lipinski definition) is 6. The normalized spacial score (nSPS) is 15.6. The molecule has 2 aromatic rings. The molecular formula is C20H26N4O5S. The number of likely N-dealkylation sites (tertiary alicyclic amines) is 1. The van der Waals surface area contributed by atoms with E-state index in [0.29, 0.717) is 24.3 Å². The lowest BCUT2D eigenvalue weighted by Gasteiger charge is -2.27. The van der Waals surface area contributed by atoms with Crippen molar-refractivity contribution in [2.75, 3.05) is 18.4 Å². The maximum absolute atomic E-state index is 12.9. The molecule has 162 valence electrons. The molecule has 0 unspecified atom stereocenters. The van der Waals surface area contributed by atoms with Gasteiger partial charge in [0, 0.05) is 13.1 Å². The molecule has 1 fully saturated rings. The number of aromatic nitrogens is 1. The Labute approximate surface area is 175 Å². The fraction of sp³-hybridized carbons (Fsp3) is 0.450. The van der Waals surface area contributed by atoms with Crippen molar-refractivity contribution in [3.63, 3.8) is 0 Å². The van der Waals surface area contributed by atoms with Crippen LogP contribution in [0.5, 0.6) is 0 Å². The molecule has 10 heteroatoms. The van der Waals surface area contributed by atoms with Crippen LogP contribution in [0, 0.1) is 13.8 Å². The number of piperidine rings is 1. The van der Waals surface area contributed by atoms with Crippen LogP contribution in [-0.2, 0) is 14.8 Å². The average Bonchev–Trinajstić information content (AvgIpc) is 3.07. The van der Waals surface area contributed by atoms with Crippen LogP contribution in [0.25, 0.3) is 0 Å². The second-order valence-electron chi connectivity index (χ2n) is 7.38. The monoisotopic (exact) mass is 434 g/mol. The highest BCUT2D eigenvalue weighted by Gasteiger charge is 2.29. The number of nitrogens with zero attached hydrogens (tertiary/aromatic N) is 2. The van der Waals surface area contributed by atoms with Crippen LogP contribution in [0.1, 0.15) is 48.0 Å². The first-order chi connectivity index (χ1) is 14.2. The van der Waals surface area contributed by atoms with Gasteiger partial charge < -0.3 is 14.7 Å². The second kappa shape index (κ2) is 8.97. The van der Waals surface area contributed by atoms with Crippen LogP contribution in [0.2, 0.25) is 0 Å². The quantitative estimate of drug-likeness (QED) is 0.719. The summed E-state index contributed by atoms with van der Waals surface area (Å²) in [6, 6.07) is 5.65. The van der Waals surface area contributed by atoms with E-state index in [2.05, 4.69) is 15.2 Å². The number of hydrogen-bond donors (Lipinski definition) is 2. The highest BCUT2D eigenvalue weighted by Crippen LogP contribution is 2.21. The minimum absolute atomic E-state index is 0.0807. The summed E-state index contributed by atoms with van der Waals surface area (Å²) in [4.78, 5) is 27.3. The molecule has 0 spiro atoms. The summed E-state index contributed by atoms with van der Waals surface area (Å²) >= 11 is 0. The minimum atomic E-state index is -4.00. The number of rotatable bonds is 6. The molecule has 1 saturated heterocycles. The molecular weight excluding hydrogens is 408 g/mol. The van der Waals surface area contributed by atoms with E-state index in [4.69, 9.17) is 4.52 Å². The third kappa shape index (κ3) is 4.71. The molecule has 1 aliphatic heterocycles. The second-order valence-corrected chi connectivity index (χ2v) is 9.03. The Morgan fingerprint density at radius 2 is 1.80 bits per heavy atom. The van der Waals surface area contributed by atoms with Gasteiger partial charge in [-0.25, -0.2) is 8.42 Å². The third-order valence-corrected chi connectivity index (χ3v) is 6.80. The maximum Gasteiger partial charge on any atom is 0.255 e. The number of sulfonamides is 1. The van der Waals surface area contributed by atoms with E-state index in [1.807, 2.05) is 0 Å². The largest absolute Gasteiger partial charge is 0.360 e. The number of aryl methyl sites for hydroxylation is 2. The first-order valence-electron chi connectivity index (χ1n) is 9.85. The van der Waals surface area contributed by atoms with Crippen molar-refractivity contribution < 1.29 is 22.5 Å². The first-order valence-corrected chi connectivity index (χ1v) is 11.3. The van der Waals surface area contributed by atoms with E-state index in [1.165, 1.54) is 20.8 Å². The fourth-order valence-corrected chi connectivity index (χ4v) is 5.02. The van der Waals surface area contributed by atoms with Gasteiger partial charge in [0.05, 0.1) is 17.3 Å². The predicted molar refractivity (Wildman–Crippen MR) is 111 cm³/mol. The van der Waals surface area contributed by atoms with Crippen molar-refractivity contribution in [2.45, 2.75) is 51.0 Å². The van der Waals surface area contributed by atoms with Crippen LogP contribution in [0.4, 0.5) is 5.69 Å². The molecule has 2 heterocycles. The summed E-state index contributed by atoms with van der Waals surface area (Å²) in [6.45, 7) is 5.81. The topological polar surface area (TPSA) is 122 Å². The van der Waals surface area contributed by atoms with E-state index >= 15 is 0 Å². The van der Waals surface area contributed by atoms with Gasteiger partial charge in [-0.2, -0.15) is 4.72 Å². The lowest BCUT2D eigenvalue weighted by atomic mass is 10.1. The molecule has 1 aromatic carbocycles. The Morgan fingerprint density at radius 3 is 2.43 bits per heavy atom. The van der Waals surface area contributed by atoms with Crippen molar-refractivity contribution in [3.05, 3.63) is 41.3 Å². The zero-order chi connectivity index (χ0) is 21.9. The molecule has 9 nitrogen and oxygen atoms in total. The van der Waals surface area contributed by atoms with Crippen LogP contribution < -0.4 is 10.0 Å². The van der Waals surface area contributed by atoms with Crippen LogP contribution in [-0.4, -0.2) is 49.4 Å². The molecule has 2 N–H and O–H groups in total. The Bertz CT molecular complexity index is 1020. The molecule has 0 bridgehead atoms. The summed E-state index contributed by atoms with van der Waals surface area (Å²) in [7, 11) is -4.00. The maximum atomic E-state index is 12.9. The Morgan fingerprint density at radius 1 is 1.13 bits per heavy atom. The van der Waals surface area contributed by atoms with Crippen molar-refractivity contribution in [1.29, 1.82) is 0 Å². The Balaban J connectivity index is 1.74. The van der Waals surface area contributed by atoms with Crippen molar-refractivity contribution in [3.8, 4) is 0 Å². The standard InChI is InChI=1S/C20H26N4O5S/c1-13-18(15(3)29-22-13)30(27,28)23-14(2)19(25)21-17-10-6-5-9-16(17)20(26)24-11-7-4-8-12-24/h5-6,9-10,14,23H,4,7-8,11-12H2,1-3H3,(H,21,25)/t14-/m0/s1. The zero-order valence-corrected chi connectivity index (χ0v) is 18.1. The minimum Gasteiger partial charge on any atom is -0.360 e. The summed E-state index contributed by atoms with van der Waals surface area (Å²) in [5, 5.41) is 6.32. The summed E-state index contributed by atoms with van der Waals surface area (Å²) in [6.07, 6.45) is 3.02. The van der Waals surface area contributed by atoms with Gasteiger partial charge in [-0.05, 0) is 52.2 Å². The number of carbonyl (C=O) groups is 2. The number of carbonyl (C=O) groups excluding carboxylic acids is 2. The van der Waals surface area contributed by atoms with Gasteiger partial charge >= 0.3 is 0 Å². The van der Waals surface area contributed by atoms with E-state index in [1.54, 1.807) is 29.2 Å². The third-order valence-electron chi connectivity index (χ3n) is 5.02. The SMILES string of the molecule is Cc1noc(C)c1S(=O)(=O)N[C@@H](C)C(=O)Nc1ccccc1C(=O)N1CCCCC1. The van der Waals surface area contributed by atoms with Crippen molar-refractivity contribution >= 4 is 27.5 Å². The van der Waals surface area contributed by atoms with Crippen LogP contribution in [0.15, 0.2) is 33.7 Å². The molecule has 1 aliphatic rings. The molecule has 0 saturated carbocycles. The predicted octanol–water partition coefficient (Wildman–Crippen LogP) is 2.22. The van der Waals surface area contributed by atoms with Crippen molar-refractivity contribution in [1.82, 2.24) is 14.8 Å². The van der Waals surface area contributed by atoms with Gasteiger partial charge in [-0.15, -0.1) is 0 Å². The Hall–Kier alpha value is -2.72. The number of anilines is 1. The lowest BCUT2D eigenvalue weighted by Crippen LogP contribution is -2.42. The summed E-state index contributed by atoms with van der Waals surface area (Å²) in [5.41, 5.74) is 0.945. The Kier molecular flexibility index (Phi) is 6.57. The van der Waals surface area contributed by atoms with Gasteiger partial charge in [-0.3, -0.25) is 9.59 Å². The lowest BCUT2D eigenvalue weighted by molar-refractivity contribution is -0.117. The van der Waals surface area contributed by atoms with Gasteiger partial charge in [0.15, 0.2) is 5.76 Å². The van der Waals surface area contributed by atoms with Crippen LogP contribution >= 0.6 is 0 Å². The van der Waals surface area contributed by atoms with Gasteiger partial charge in [0.2, 0.25) is 15.9 Å². The highest BCUT2D eigenvalue weighted by molar-refractivity contribution is 7.89. The number of para-hydroxylation sites is 1. The zero-order valence-electron chi connectivity index (χ0n) is 17.3. The highest BCUT2D eigenvalue weighted by atomic mass is 32.2. The van der Waals surface area contributed by atoms with E-state index in [9.17, 15) is 18.0 Å². The van der Waals surface area contributed by atoms with E-state index in [-0.39, 0.29) is 22.3 Å². The van der Waals surface area contributed by atoms with E-state index in [0.717, 1.165) is 19.3 Å². The molecule has 1 atom stereocenters. The van der Waals surface area contributed by atoms with Crippen LogP contribution in [0.3, 0.4) is 0 Å². The average molecular weight is 435 g/mol. The summed E-state index contributed by atoms with van der Waals surface area (Å²) < 4.78 is 32.5. The fourth-order valence-electron chi connectivity index (χ4n) is 3.49. The molecule has 2 amide bonds. The molecule has 3 rings (SSSR count). The van der Waals surface area contributed by atoms with E-state index < -0.39 is 22.0 Å². The van der Waals surface area contributed by atoms with Gasteiger partial charge in [0.1, 0.15) is 10.6 Å². The number of amides is 2. The number of nitrogens with one attached hydrogen (secondary N) is 2. The summed E-state index contributed by atoms with van der Waals surface area (Å²) in [5.74, 6) is -0.580. The first kappa shape index (κ1) is 22.0. The van der Waals surface area contributed by atoms with Gasteiger partial charge in [0.25, 0.3) is 5.91 Å². The number of benzene rings is 1. The molecule has 0 radical (unpaired) electrons. The molecule has 30 heavy (non-hydrogen) atoms. The smallest absolute Gasteiger partial charge is 0.255 e. The molecule has 1 aromatic heterocycles. The molecule has 0 aliphatic carbocycles.